The Balaban J connectivity index is 11.9. The second-order valence-electron chi connectivity index (χ2n) is 35.6. The largest absolute Gasteiger partial charge is 0.311 e. The fourth-order valence-electron chi connectivity index (χ4n) is 5.72. The van der Waals surface area contributed by atoms with Gasteiger partial charge in [-0.3, -0.25) is 0 Å². The molecule has 0 unspecified atom stereocenters. The van der Waals surface area contributed by atoms with Crippen LogP contribution >= 0.6 is 0 Å². The second-order valence-corrected chi connectivity index (χ2v) is 107. The molecule has 0 aromatic carbocycles. The highest BCUT2D eigenvalue weighted by atomic mass is 28.4. The SMILES string of the molecule is C[Si](C)(C)C#C[Si](C#C[Si](C)(C)C)(C#C[Si](C)(C)C)C=C[Si](C=C[Si](C#C[Si](C)(C)C)(C#C[Si](C)(C)C)C#C[Si](C)(C)C)(C=C[Si](C#C[Si](C)(C)C)(C#C[Si](C)(C)C)C#C[Si](C)(C)C)C=C[Si](C#C[Si](C)(C)C)(C#C[Si](C)(C)C)C#C[Si](C)(C)C. The summed E-state index contributed by atoms with van der Waals surface area (Å²) in [5.74, 6) is 0. The molecule has 0 rings (SSSR count). The van der Waals surface area contributed by atoms with Gasteiger partial charge in [0.25, 0.3) is 0 Å². The van der Waals surface area contributed by atoms with Gasteiger partial charge in [-0.1, -0.05) is 281 Å². The highest BCUT2D eigenvalue weighted by Crippen LogP contribution is 2.23. The molecule has 0 fully saturated rings. The van der Waals surface area contributed by atoms with E-state index in [-0.39, 0.29) is 0 Å². The van der Waals surface area contributed by atoms with E-state index < -0.39 is 137 Å². The zero-order chi connectivity index (χ0) is 67.1. The molecule has 0 saturated heterocycles. The first-order chi connectivity index (χ1) is 37.3. The van der Waals surface area contributed by atoms with Crippen molar-refractivity contribution < 1.29 is 0 Å². The lowest BCUT2D eigenvalue weighted by Crippen LogP contribution is -2.39. The van der Waals surface area contributed by atoms with Gasteiger partial charge in [-0.05, 0) is 0 Å². The molecule has 0 aliphatic heterocycles. The van der Waals surface area contributed by atoms with E-state index in [0.717, 1.165) is 0 Å². The number of hydrogen-bond donors (Lipinski definition) is 0. The monoisotopic (exact) mass is 1410 g/mol. The predicted molar refractivity (Wildman–Crippen MR) is 439 cm³/mol. The maximum Gasteiger partial charge on any atom is 0.311 e. The second kappa shape index (κ2) is 30.5. The van der Waals surface area contributed by atoms with Crippen LogP contribution < -0.4 is 0 Å². The van der Waals surface area contributed by atoms with Crippen molar-refractivity contribution >= 4 is 137 Å². The minimum Gasteiger partial charge on any atom is -0.136 e. The molecular formula is C68H116Si17. The van der Waals surface area contributed by atoms with Crippen molar-refractivity contribution in [3.05, 3.63) is 45.6 Å². The number of hydrogen-bond acceptors (Lipinski definition) is 0. The zero-order valence-corrected chi connectivity index (χ0v) is 78.1. The Morgan fingerprint density at radius 1 is 0.118 bits per heavy atom. The molecule has 0 aromatic rings. The summed E-state index contributed by atoms with van der Waals surface area (Å²) < 4.78 is 0. The average molecular weight is 1410 g/mol. The number of rotatable bonds is 8. The Hall–Kier alpha value is -2.63. The first-order valence-electron chi connectivity index (χ1n) is 30.6. The predicted octanol–water partition coefficient (Wildman–Crippen LogP) is 16.8. The van der Waals surface area contributed by atoms with Gasteiger partial charge in [0, 0.05) is 0 Å². The van der Waals surface area contributed by atoms with Gasteiger partial charge in [0.05, 0.1) is 0 Å². The Morgan fingerprint density at radius 2 is 0.200 bits per heavy atom. The summed E-state index contributed by atoms with van der Waals surface area (Å²) in [6.45, 7) is 84.2. The van der Waals surface area contributed by atoms with Crippen LogP contribution in [0.5, 0.6) is 0 Å². The highest BCUT2D eigenvalue weighted by molar-refractivity contribution is 7.14. The highest BCUT2D eigenvalue weighted by Gasteiger charge is 2.37. The van der Waals surface area contributed by atoms with Crippen molar-refractivity contribution in [1.29, 1.82) is 0 Å². The van der Waals surface area contributed by atoms with Crippen LogP contribution in [0.4, 0.5) is 0 Å². The van der Waals surface area contributed by atoms with Crippen molar-refractivity contribution in [2.45, 2.75) is 236 Å². The summed E-state index contributed by atoms with van der Waals surface area (Å²) >= 11 is 0. The first kappa shape index (κ1) is 82.4. The molecule has 85 heavy (non-hydrogen) atoms. The van der Waals surface area contributed by atoms with Crippen LogP contribution in [0.3, 0.4) is 0 Å². The van der Waals surface area contributed by atoms with Crippen LogP contribution in [-0.2, 0) is 0 Å². The normalized spacial score (nSPS) is 14.1. The van der Waals surface area contributed by atoms with Gasteiger partial charge in [-0.25, -0.2) is 0 Å². The smallest absolute Gasteiger partial charge is 0.136 e. The van der Waals surface area contributed by atoms with Crippen LogP contribution in [-0.4, -0.2) is 137 Å². The van der Waals surface area contributed by atoms with E-state index in [1.807, 2.05) is 0 Å². The molecule has 0 radical (unpaired) electrons. The van der Waals surface area contributed by atoms with Crippen LogP contribution in [0.2, 0.25) is 236 Å². The van der Waals surface area contributed by atoms with Gasteiger partial charge in [0.2, 0.25) is 0 Å². The molecule has 0 aliphatic carbocycles. The Kier molecular flexibility index (Phi) is 29.5. The van der Waals surface area contributed by atoms with E-state index in [4.69, 9.17) is 0 Å². The van der Waals surface area contributed by atoms with Crippen LogP contribution in [0.1, 0.15) is 0 Å². The van der Waals surface area contributed by atoms with Crippen LogP contribution in [0, 0.1) is 133 Å². The van der Waals surface area contributed by atoms with Crippen molar-refractivity contribution in [2.24, 2.45) is 0 Å². The van der Waals surface area contributed by atoms with Crippen LogP contribution in [0.25, 0.3) is 0 Å². The van der Waals surface area contributed by atoms with Crippen molar-refractivity contribution in [2.75, 3.05) is 0 Å². The Bertz CT molecular complexity index is 2580. The van der Waals surface area contributed by atoms with E-state index in [1.54, 1.807) is 0 Å². The van der Waals surface area contributed by atoms with E-state index >= 15 is 0 Å². The molecule has 0 heterocycles. The molecule has 0 aliphatic rings. The van der Waals surface area contributed by atoms with Gasteiger partial charge in [0.15, 0.2) is 0 Å². The molecular weight excluding hydrogens is 1290 g/mol. The van der Waals surface area contributed by atoms with Crippen molar-refractivity contribution in [1.82, 2.24) is 0 Å². The lowest BCUT2D eigenvalue weighted by Gasteiger charge is -2.23. The molecule has 0 spiro atoms. The lowest BCUT2D eigenvalue weighted by molar-refractivity contribution is 1.81. The molecule has 0 aromatic heterocycles. The minimum atomic E-state index is -3.39. The minimum absolute atomic E-state index is 1.93. The molecule has 0 atom stereocenters. The summed E-state index contributed by atoms with van der Waals surface area (Å²) in [4.78, 5) is 0. The zero-order valence-electron chi connectivity index (χ0n) is 61.1. The van der Waals surface area contributed by atoms with Crippen LogP contribution in [0.15, 0.2) is 45.6 Å². The fourth-order valence-corrected chi connectivity index (χ4v) is 44.2. The maximum atomic E-state index is 4.02. The van der Waals surface area contributed by atoms with Gasteiger partial charge in [0.1, 0.15) is 105 Å². The summed E-state index contributed by atoms with van der Waals surface area (Å²) in [5.41, 5.74) is 115. The quantitative estimate of drug-likeness (QED) is 0.168. The third kappa shape index (κ3) is 42.9. The molecule has 456 valence electrons. The molecule has 0 N–H and O–H groups in total. The fraction of sp³-hybridized carbons (Fsp3) is 0.529. The maximum absolute atomic E-state index is 4.02. The van der Waals surface area contributed by atoms with E-state index in [9.17, 15) is 0 Å². The van der Waals surface area contributed by atoms with E-state index in [0.29, 0.717) is 0 Å². The first-order valence-corrected chi connectivity index (χ1v) is 83.3. The molecule has 0 amide bonds. The summed E-state index contributed by atoms with van der Waals surface area (Å²) in [7, 11) is -39.4. The lowest BCUT2D eigenvalue weighted by atomic mass is 11.1. The molecule has 0 saturated carbocycles. The van der Waals surface area contributed by atoms with E-state index in [2.05, 4.69) is 414 Å². The molecule has 0 nitrogen and oxygen atoms in total. The average Bonchev–Trinajstić information content (AvgIpc) is 3.50. The molecule has 0 bridgehead atoms. The summed E-state index contributed by atoms with van der Waals surface area (Å²) in [5, 5.41) is 0. The van der Waals surface area contributed by atoms with Gasteiger partial charge in [-0.2, -0.15) is 0 Å². The van der Waals surface area contributed by atoms with Crippen molar-refractivity contribution in [3.8, 4) is 133 Å². The summed E-state index contributed by atoms with van der Waals surface area (Å²) in [6, 6.07) is 0. The Labute approximate surface area is 546 Å². The Morgan fingerprint density at radius 3 is 0.271 bits per heavy atom. The van der Waals surface area contributed by atoms with Gasteiger partial charge < -0.3 is 0 Å². The van der Waals surface area contributed by atoms with Crippen molar-refractivity contribution in [3.63, 3.8) is 0 Å². The standard InChI is InChI=1S/C68H116Si17/c1-69(2,3)37-49-81(50-38-70(4,5)6,51-39-71(7,8)9)61-65-85(66-62-82(52-40-72(10,11)12,53-41-73(13,14)15)54-42-74(16,17)18,67-63-83(55-43-75(19,20)21,56-44-76(22,23)24)57-45-77(25,26)27)68-64-84(58-46-78(28,29)30,59-47-79(31,32)33)60-48-80(34,35)36/h61-68H,1-36H3. The van der Waals surface area contributed by atoms with Gasteiger partial charge >= 0.3 is 32.3 Å². The molecule has 17 heteroatoms. The topological polar surface area (TPSA) is 0 Å². The summed E-state index contributed by atoms with van der Waals surface area (Å²) in [6.07, 6.45) is 0. The third-order valence-electron chi connectivity index (χ3n) is 10.1. The van der Waals surface area contributed by atoms with E-state index in [1.165, 1.54) is 0 Å². The van der Waals surface area contributed by atoms with Gasteiger partial charge in [-0.15, -0.1) is 133 Å². The third-order valence-corrected chi connectivity index (χ3v) is 36.8.